The molecule has 2 heterocycles. The Kier molecular flexibility index (Phi) is 4.64. The Bertz CT molecular complexity index is 1140. The second kappa shape index (κ2) is 7.61. The zero-order valence-electron chi connectivity index (χ0n) is 16.8. The summed E-state index contributed by atoms with van der Waals surface area (Å²) in [6.45, 7) is 0.0702. The molecule has 0 atom stereocenters. The molecular weight excluding hydrogens is 386 g/mol. The minimum absolute atomic E-state index is 0.0702. The van der Waals surface area contributed by atoms with Crippen LogP contribution >= 0.6 is 0 Å². The number of amides is 1. The lowest BCUT2D eigenvalue weighted by Crippen LogP contribution is -2.42. The van der Waals surface area contributed by atoms with Crippen LogP contribution < -0.4 is 4.90 Å². The van der Waals surface area contributed by atoms with Crippen LogP contribution in [-0.2, 0) is 5.54 Å². The first-order valence-corrected chi connectivity index (χ1v) is 10.1. The van der Waals surface area contributed by atoms with Crippen LogP contribution in [0.3, 0.4) is 0 Å². The fourth-order valence-electron chi connectivity index (χ4n) is 4.49. The summed E-state index contributed by atoms with van der Waals surface area (Å²) in [6.07, 6.45) is 2.68. The maximum atomic E-state index is 12.1. The van der Waals surface area contributed by atoms with Crippen molar-refractivity contribution >= 4 is 18.1 Å². The van der Waals surface area contributed by atoms with Crippen molar-refractivity contribution in [3.63, 3.8) is 0 Å². The molecule has 4 aromatic rings. The van der Waals surface area contributed by atoms with Gasteiger partial charge in [0, 0.05) is 18.0 Å². The third-order valence-corrected chi connectivity index (χ3v) is 5.77. The quantitative estimate of drug-likeness (QED) is 0.473. The average Bonchev–Trinajstić information content (AvgIpc) is 3.26. The number of benzene rings is 3. The van der Waals surface area contributed by atoms with Crippen LogP contribution in [0.15, 0.2) is 108 Å². The first-order valence-electron chi connectivity index (χ1n) is 10.1. The van der Waals surface area contributed by atoms with Gasteiger partial charge >= 0.3 is 6.09 Å². The first kappa shape index (κ1) is 18.9. The number of hydrogen-bond acceptors (Lipinski definition) is 2. The number of hydrogen-bond donors (Lipinski definition) is 1. The zero-order valence-corrected chi connectivity index (χ0v) is 16.8. The van der Waals surface area contributed by atoms with Crippen molar-refractivity contribution < 1.29 is 9.90 Å². The fraction of sp³-hybridized carbons (Fsp3) is 0.0769. The molecule has 1 N–H and O–H groups in total. The Morgan fingerprint density at radius 2 is 1.26 bits per heavy atom. The lowest BCUT2D eigenvalue weighted by atomic mass is 9.76. The highest BCUT2D eigenvalue weighted by molar-refractivity contribution is 5.97. The molecule has 0 fully saturated rings. The molecular formula is C26H21N3O2. The van der Waals surface area contributed by atoms with Crippen molar-refractivity contribution in [2.24, 2.45) is 4.99 Å². The van der Waals surface area contributed by atoms with Crippen molar-refractivity contribution in [2.45, 2.75) is 5.54 Å². The van der Waals surface area contributed by atoms with Crippen molar-refractivity contribution in [1.82, 2.24) is 4.57 Å². The molecule has 0 aliphatic carbocycles. The Morgan fingerprint density at radius 1 is 0.774 bits per heavy atom. The van der Waals surface area contributed by atoms with Gasteiger partial charge in [0.05, 0.1) is 0 Å². The van der Waals surface area contributed by atoms with Gasteiger partial charge in [0.1, 0.15) is 18.0 Å². The van der Waals surface area contributed by atoms with E-state index in [-0.39, 0.29) is 6.67 Å². The lowest BCUT2D eigenvalue weighted by Gasteiger charge is -2.40. The molecule has 0 saturated heterocycles. The van der Waals surface area contributed by atoms with Gasteiger partial charge in [0.15, 0.2) is 0 Å². The molecule has 3 aromatic carbocycles. The number of rotatable bonds is 4. The van der Waals surface area contributed by atoms with E-state index in [1.165, 1.54) is 4.90 Å². The molecule has 31 heavy (non-hydrogen) atoms. The highest BCUT2D eigenvalue weighted by Crippen LogP contribution is 2.44. The number of fused-ring (bicyclic) bond motifs is 1. The highest BCUT2D eigenvalue weighted by atomic mass is 16.4. The van der Waals surface area contributed by atoms with Crippen molar-refractivity contribution in [1.29, 1.82) is 0 Å². The van der Waals surface area contributed by atoms with Crippen LogP contribution in [0.4, 0.5) is 10.6 Å². The van der Waals surface area contributed by atoms with Crippen LogP contribution in [0.25, 0.3) is 0 Å². The molecule has 0 unspecified atom stereocenters. The molecule has 1 aromatic heterocycles. The number of anilines is 1. The molecule has 5 heteroatoms. The van der Waals surface area contributed by atoms with Crippen LogP contribution in [-0.4, -0.2) is 28.7 Å². The van der Waals surface area contributed by atoms with Crippen molar-refractivity contribution in [3.8, 4) is 0 Å². The monoisotopic (exact) mass is 407 g/mol. The van der Waals surface area contributed by atoms with E-state index < -0.39 is 11.6 Å². The molecule has 5 rings (SSSR count). The molecule has 1 amide bonds. The van der Waals surface area contributed by atoms with E-state index in [0.717, 1.165) is 22.3 Å². The molecule has 5 nitrogen and oxygen atoms in total. The SMILES string of the molecule is O=C(O)N1CN=Cc2ccn(C(c3ccccc3)(c3ccccc3)c3ccccc3)c21. The third-order valence-electron chi connectivity index (χ3n) is 5.77. The van der Waals surface area contributed by atoms with Crippen LogP contribution in [0.2, 0.25) is 0 Å². The molecule has 0 saturated carbocycles. The topological polar surface area (TPSA) is 57.8 Å². The molecule has 1 aliphatic rings. The van der Waals surface area contributed by atoms with Gasteiger partial charge in [0.2, 0.25) is 0 Å². The molecule has 0 radical (unpaired) electrons. The van der Waals surface area contributed by atoms with Crippen LogP contribution in [0.1, 0.15) is 22.3 Å². The van der Waals surface area contributed by atoms with Gasteiger partial charge in [-0.3, -0.25) is 4.99 Å². The predicted molar refractivity (Wildman–Crippen MR) is 122 cm³/mol. The van der Waals surface area contributed by atoms with Gasteiger partial charge in [0.25, 0.3) is 0 Å². The minimum Gasteiger partial charge on any atom is -0.465 e. The third kappa shape index (κ3) is 2.94. The summed E-state index contributed by atoms with van der Waals surface area (Å²) in [5, 5.41) is 9.94. The van der Waals surface area contributed by atoms with E-state index in [4.69, 9.17) is 0 Å². The maximum Gasteiger partial charge on any atom is 0.414 e. The van der Waals surface area contributed by atoms with E-state index >= 15 is 0 Å². The normalized spacial score (nSPS) is 13.1. The van der Waals surface area contributed by atoms with Gasteiger partial charge in [-0.1, -0.05) is 91.0 Å². The van der Waals surface area contributed by atoms with Crippen molar-refractivity contribution in [2.75, 3.05) is 11.6 Å². The van der Waals surface area contributed by atoms with Gasteiger partial charge in [-0.2, -0.15) is 0 Å². The summed E-state index contributed by atoms with van der Waals surface area (Å²) < 4.78 is 2.07. The molecule has 0 spiro atoms. The summed E-state index contributed by atoms with van der Waals surface area (Å²) in [6, 6.07) is 32.6. The second-order valence-corrected chi connectivity index (χ2v) is 7.44. The zero-order chi connectivity index (χ0) is 21.3. The lowest BCUT2D eigenvalue weighted by molar-refractivity contribution is 0.201. The van der Waals surface area contributed by atoms with Crippen LogP contribution in [0, 0.1) is 0 Å². The standard InChI is InChI=1S/C26H21N3O2/c30-25(31)28-19-27-18-20-16-17-29(24(20)28)26(21-10-4-1-5-11-21,22-12-6-2-7-13-22)23-14-8-3-9-15-23/h1-18H,19H2,(H,30,31). The van der Waals surface area contributed by atoms with Gasteiger partial charge in [-0.25, -0.2) is 9.69 Å². The summed E-state index contributed by atoms with van der Waals surface area (Å²) in [5.74, 6) is 0.610. The first-order chi connectivity index (χ1) is 15.2. The molecule has 0 bridgehead atoms. The van der Waals surface area contributed by atoms with E-state index in [1.807, 2.05) is 66.9 Å². The number of carboxylic acid groups (broad SMARTS) is 1. The van der Waals surface area contributed by atoms with Gasteiger partial charge < -0.3 is 9.67 Å². The predicted octanol–water partition coefficient (Wildman–Crippen LogP) is 5.20. The Hall–Kier alpha value is -4.12. The highest BCUT2D eigenvalue weighted by Gasteiger charge is 2.41. The summed E-state index contributed by atoms with van der Waals surface area (Å²) >= 11 is 0. The minimum atomic E-state index is -1.03. The Labute approximate surface area is 180 Å². The average molecular weight is 407 g/mol. The number of aromatic nitrogens is 1. The van der Waals surface area contributed by atoms with E-state index in [2.05, 4.69) is 46.0 Å². The van der Waals surface area contributed by atoms with Gasteiger partial charge in [-0.15, -0.1) is 0 Å². The second-order valence-electron chi connectivity index (χ2n) is 7.44. The summed E-state index contributed by atoms with van der Waals surface area (Å²) in [7, 11) is 0. The summed E-state index contributed by atoms with van der Waals surface area (Å²) in [5.41, 5.74) is 3.13. The number of aliphatic imine (C=N–C) groups is 1. The summed E-state index contributed by atoms with van der Waals surface area (Å²) in [4.78, 5) is 17.7. The molecule has 1 aliphatic heterocycles. The van der Waals surface area contributed by atoms with E-state index in [0.29, 0.717) is 5.82 Å². The number of carbonyl (C=O) groups is 1. The van der Waals surface area contributed by atoms with Gasteiger partial charge in [-0.05, 0) is 22.8 Å². The van der Waals surface area contributed by atoms with E-state index in [9.17, 15) is 9.90 Å². The largest absolute Gasteiger partial charge is 0.465 e. The number of nitrogens with zero attached hydrogens (tertiary/aromatic N) is 3. The van der Waals surface area contributed by atoms with Crippen molar-refractivity contribution in [3.05, 3.63) is 126 Å². The molecule has 152 valence electrons. The smallest absolute Gasteiger partial charge is 0.414 e. The Morgan fingerprint density at radius 3 is 1.71 bits per heavy atom. The van der Waals surface area contributed by atoms with Crippen LogP contribution in [0.5, 0.6) is 0 Å². The Balaban J connectivity index is 1.93. The van der Waals surface area contributed by atoms with E-state index in [1.54, 1.807) is 6.21 Å². The maximum absolute atomic E-state index is 12.1. The fourth-order valence-corrected chi connectivity index (χ4v) is 4.49.